The molecule has 8 heteroatoms. The van der Waals surface area contributed by atoms with Gasteiger partial charge in [0.15, 0.2) is 5.09 Å². The van der Waals surface area contributed by atoms with Crippen molar-refractivity contribution in [1.29, 1.82) is 0 Å². The first-order valence-electron chi connectivity index (χ1n) is 7.73. The Kier molecular flexibility index (Phi) is 4.01. The number of rotatable bonds is 4. The normalized spacial score (nSPS) is 25.2. The van der Waals surface area contributed by atoms with Crippen LogP contribution < -0.4 is 10.6 Å². The largest absolute Gasteiger partial charge is 0.425 e. The van der Waals surface area contributed by atoms with Crippen LogP contribution in [-0.4, -0.2) is 29.0 Å². The molecule has 0 saturated carbocycles. The Morgan fingerprint density at radius 3 is 2.75 bits per heavy atom. The number of benzene rings is 1. The van der Waals surface area contributed by atoms with E-state index in [2.05, 4.69) is 15.6 Å². The summed E-state index contributed by atoms with van der Waals surface area (Å²) in [6.07, 6.45) is 4.51. The van der Waals surface area contributed by atoms with Crippen molar-refractivity contribution in [3.8, 4) is 0 Å². The highest BCUT2D eigenvalue weighted by molar-refractivity contribution is 7.99. The Labute approximate surface area is 141 Å². The first-order chi connectivity index (χ1) is 11.6. The number of oxazole rings is 1. The van der Waals surface area contributed by atoms with Crippen LogP contribution in [0.2, 0.25) is 0 Å². The number of nitrogens with zero attached hydrogens (tertiary/aromatic N) is 1. The molecule has 0 aliphatic carbocycles. The second-order valence-corrected chi connectivity index (χ2v) is 7.13. The Bertz CT molecular complexity index is 762. The lowest BCUT2D eigenvalue weighted by molar-refractivity contribution is 0.0890. The van der Waals surface area contributed by atoms with Gasteiger partial charge >= 0.3 is 5.91 Å². The lowest BCUT2D eigenvalue weighted by atomic mass is 9.95. The number of amides is 1. The monoisotopic (exact) mass is 351 g/mol. The maximum absolute atomic E-state index is 13.2. The van der Waals surface area contributed by atoms with Crippen molar-refractivity contribution < 1.29 is 18.0 Å². The minimum Gasteiger partial charge on any atom is -0.425 e. The van der Waals surface area contributed by atoms with Gasteiger partial charge in [-0.3, -0.25) is 4.79 Å². The molecular formula is C16H15F2N3O2S. The summed E-state index contributed by atoms with van der Waals surface area (Å²) in [5.41, 5.74) is 0. The van der Waals surface area contributed by atoms with E-state index in [4.69, 9.17) is 4.42 Å². The summed E-state index contributed by atoms with van der Waals surface area (Å²) in [6, 6.07) is 4.08. The third-order valence-corrected chi connectivity index (χ3v) is 5.21. The van der Waals surface area contributed by atoms with E-state index < -0.39 is 11.6 Å². The van der Waals surface area contributed by atoms with Gasteiger partial charge in [0.25, 0.3) is 5.89 Å². The Hall–Kier alpha value is -1.93. The highest BCUT2D eigenvalue weighted by atomic mass is 32.2. The van der Waals surface area contributed by atoms with Gasteiger partial charge in [0.1, 0.15) is 11.6 Å². The van der Waals surface area contributed by atoms with Gasteiger partial charge in [-0.2, -0.15) is 0 Å². The topological polar surface area (TPSA) is 67.2 Å². The summed E-state index contributed by atoms with van der Waals surface area (Å²) in [6.45, 7) is 0. The summed E-state index contributed by atoms with van der Waals surface area (Å²) < 4.78 is 31.8. The first-order valence-corrected chi connectivity index (χ1v) is 8.55. The number of hydrogen-bond donors (Lipinski definition) is 2. The molecule has 2 N–H and O–H groups in total. The summed E-state index contributed by atoms with van der Waals surface area (Å²) in [4.78, 5) is 16.5. The third-order valence-electron chi connectivity index (χ3n) is 4.35. The van der Waals surface area contributed by atoms with E-state index in [1.807, 2.05) is 0 Å². The number of hydrogen-bond acceptors (Lipinski definition) is 5. The molecule has 2 aliphatic rings. The molecule has 2 fully saturated rings. The molecule has 3 unspecified atom stereocenters. The number of carbonyl (C=O) groups excluding carboxylic acids is 1. The fourth-order valence-corrected chi connectivity index (χ4v) is 4.13. The van der Waals surface area contributed by atoms with Gasteiger partial charge in [-0.25, -0.2) is 13.8 Å². The zero-order valence-electron chi connectivity index (χ0n) is 12.6. The Morgan fingerprint density at radius 2 is 2.08 bits per heavy atom. The van der Waals surface area contributed by atoms with Gasteiger partial charge < -0.3 is 15.1 Å². The smallest absolute Gasteiger partial charge is 0.307 e. The standard InChI is InChI=1S/C16H15F2N3O2S/c17-8-3-9(18)5-11(4-8)24-14-7-19-16(23-14)15(22)21-13-6-10-1-2-12(13)20-10/h3-5,7,10,12-13,20H,1-2,6H2,(H,21,22). The summed E-state index contributed by atoms with van der Waals surface area (Å²) in [7, 11) is 0. The van der Waals surface area contributed by atoms with Gasteiger partial charge in [0, 0.05) is 29.1 Å². The van der Waals surface area contributed by atoms with Crippen LogP contribution in [0.1, 0.15) is 29.9 Å². The number of nitrogens with one attached hydrogen (secondary N) is 2. The first kappa shape index (κ1) is 15.6. The molecule has 126 valence electrons. The molecule has 2 saturated heterocycles. The molecule has 0 spiro atoms. The quantitative estimate of drug-likeness (QED) is 0.887. The number of aromatic nitrogens is 1. The van der Waals surface area contributed by atoms with Crippen molar-refractivity contribution in [3.05, 3.63) is 41.9 Å². The van der Waals surface area contributed by atoms with Gasteiger partial charge in [-0.15, -0.1) is 0 Å². The summed E-state index contributed by atoms with van der Waals surface area (Å²) >= 11 is 1.01. The lowest BCUT2D eigenvalue weighted by Crippen LogP contribution is -2.43. The molecule has 1 aromatic carbocycles. The second-order valence-electron chi connectivity index (χ2n) is 6.05. The highest BCUT2D eigenvalue weighted by Crippen LogP contribution is 2.30. The lowest BCUT2D eigenvalue weighted by Gasteiger charge is -2.20. The average molecular weight is 351 g/mol. The minimum atomic E-state index is -0.668. The van der Waals surface area contributed by atoms with E-state index in [-0.39, 0.29) is 17.8 Å². The second kappa shape index (κ2) is 6.18. The van der Waals surface area contributed by atoms with Crippen molar-refractivity contribution in [2.75, 3.05) is 0 Å². The van der Waals surface area contributed by atoms with Crippen LogP contribution in [-0.2, 0) is 0 Å². The molecule has 1 amide bonds. The third kappa shape index (κ3) is 3.16. The van der Waals surface area contributed by atoms with Gasteiger partial charge in [-0.1, -0.05) is 11.8 Å². The SMILES string of the molecule is O=C(NC1CC2CCC1N2)c1ncc(Sc2cc(F)cc(F)c2)o1. The maximum Gasteiger partial charge on any atom is 0.307 e. The van der Waals surface area contributed by atoms with Gasteiger partial charge in [0.05, 0.1) is 6.20 Å². The van der Waals surface area contributed by atoms with Crippen LogP contribution >= 0.6 is 11.8 Å². The van der Waals surface area contributed by atoms with E-state index >= 15 is 0 Å². The van der Waals surface area contributed by atoms with E-state index in [0.717, 1.165) is 37.1 Å². The number of halogens is 2. The molecule has 2 aromatic rings. The van der Waals surface area contributed by atoms with Crippen LogP contribution in [0.25, 0.3) is 0 Å². The number of carbonyl (C=O) groups is 1. The summed E-state index contributed by atoms with van der Waals surface area (Å²) in [5.74, 6) is -1.75. The van der Waals surface area contributed by atoms with Crippen LogP contribution in [0, 0.1) is 11.6 Å². The van der Waals surface area contributed by atoms with E-state index in [1.165, 1.54) is 18.3 Å². The van der Waals surface area contributed by atoms with E-state index in [0.29, 0.717) is 22.1 Å². The van der Waals surface area contributed by atoms with E-state index in [9.17, 15) is 13.6 Å². The molecule has 0 radical (unpaired) electrons. The van der Waals surface area contributed by atoms with Gasteiger partial charge in [-0.05, 0) is 31.4 Å². The molecule has 3 atom stereocenters. The maximum atomic E-state index is 13.2. The van der Waals surface area contributed by atoms with E-state index in [1.54, 1.807) is 0 Å². The molecule has 4 rings (SSSR count). The molecule has 5 nitrogen and oxygen atoms in total. The summed E-state index contributed by atoms with van der Waals surface area (Å²) in [5, 5.41) is 6.68. The van der Waals surface area contributed by atoms with Crippen LogP contribution in [0.5, 0.6) is 0 Å². The van der Waals surface area contributed by atoms with Crippen molar-refractivity contribution in [2.24, 2.45) is 0 Å². The van der Waals surface area contributed by atoms with Gasteiger partial charge in [0.2, 0.25) is 0 Å². The predicted molar refractivity (Wildman–Crippen MR) is 82.8 cm³/mol. The fraction of sp³-hybridized carbons (Fsp3) is 0.375. The molecular weight excluding hydrogens is 336 g/mol. The Balaban J connectivity index is 1.41. The van der Waals surface area contributed by atoms with Crippen molar-refractivity contribution in [2.45, 2.75) is 47.4 Å². The average Bonchev–Trinajstić information content (AvgIpc) is 3.22. The van der Waals surface area contributed by atoms with Crippen LogP contribution in [0.4, 0.5) is 8.78 Å². The Morgan fingerprint density at radius 1 is 1.29 bits per heavy atom. The zero-order chi connectivity index (χ0) is 16.7. The predicted octanol–water partition coefficient (Wildman–Crippen LogP) is 2.73. The molecule has 2 aliphatic heterocycles. The van der Waals surface area contributed by atoms with Crippen LogP contribution in [0.15, 0.2) is 38.8 Å². The minimum absolute atomic E-state index is 0.0443. The van der Waals surface area contributed by atoms with Crippen molar-refractivity contribution in [1.82, 2.24) is 15.6 Å². The van der Waals surface area contributed by atoms with Crippen molar-refractivity contribution in [3.63, 3.8) is 0 Å². The van der Waals surface area contributed by atoms with Crippen LogP contribution in [0.3, 0.4) is 0 Å². The van der Waals surface area contributed by atoms with Crippen molar-refractivity contribution >= 4 is 17.7 Å². The fourth-order valence-electron chi connectivity index (χ4n) is 3.33. The zero-order valence-corrected chi connectivity index (χ0v) is 13.4. The molecule has 3 heterocycles. The highest BCUT2D eigenvalue weighted by Gasteiger charge is 2.40. The molecule has 2 bridgehead atoms. The number of fused-ring (bicyclic) bond motifs is 2. The molecule has 24 heavy (non-hydrogen) atoms. The molecule has 1 aromatic heterocycles.